The SMILES string of the molecule is NC1CCN(Cc2ccc3c(c2)CN(C2CCC(=O)NC2=O)C3=O)c2ccccc21. The van der Waals surface area contributed by atoms with E-state index in [0.717, 1.165) is 36.3 Å². The molecule has 0 aliphatic carbocycles. The molecule has 0 saturated carbocycles. The molecule has 30 heavy (non-hydrogen) atoms. The molecule has 3 heterocycles. The van der Waals surface area contributed by atoms with Crippen LogP contribution in [0.2, 0.25) is 0 Å². The van der Waals surface area contributed by atoms with E-state index in [0.29, 0.717) is 18.5 Å². The summed E-state index contributed by atoms with van der Waals surface area (Å²) in [5.41, 5.74) is 11.3. The number of carbonyl (C=O) groups excluding carboxylic acids is 3. The molecule has 2 atom stereocenters. The molecule has 3 N–H and O–H groups in total. The van der Waals surface area contributed by atoms with Crippen molar-refractivity contribution in [1.82, 2.24) is 10.2 Å². The van der Waals surface area contributed by atoms with Gasteiger partial charge in [0.2, 0.25) is 11.8 Å². The van der Waals surface area contributed by atoms with Gasteiger partial charge in [0.15, 0.2) is 0 Å². The van der Waals surface area contributed by atoms with Crippen molar-refractivity contribution in [3.8, 4) is 0 Å². The van der Waals surface area contributed by atoms with Crippen LogP contribution >= 0.6 is 0 Å². The molecule has 2 aromatic rings. The standard InChI is InChI=1S/C23H24N4O3/c24-18-9-10-26(19-4-2-1-3-17(18)19)12-14-5-6-16-15(11-14)13-27(23(16)30)20-7-8-21(28)25-22(20)29/h1-6,11,18,20H,7-10,12-13,24H2,(H,25,28,29). The number of anilines is 1. The number of benzene rings is 2. The van der Waals surface area contributed by atoms with Crippen molar-refractivity contribution in [3.05, 3.63) is 64.7 Å². The molecule has 0 bridgehead atoms. The zero-order valence-electron chi connectivity index (χ0n) is 16.6. The molecule has 0 spiro atoms. The number of amides is 3. The topological polar surface area (TPSA) is 95.7 Å². The van der Waals surface area contributed by atoms with Crippen molar-refractivity contribution in [2.24, 2.45) is 5.73 Å². The Labute approximate surface area is 174 Å². The third-order valence-electron chi connectivity index (χ3n) is 6.35. The summed E-state index contributed by atoms with van der Waals surface area (Å²) in [7, 11) is 0. The molecule has 3 aliphatic heterocycles. The third-order valence-corrected chi connectivity index (χ3v) is 6.35. The summed E-state index contributed by atoms with van der Waals surface area (Å²) in [6, 6.07) is 13.6. The van der Waals surface area contributed by atoms with Crippen molar-refractivity contribution in [2.75, 3.05) is 11.4 Å². The molecule has 5 rings (SSSR count). The van der Waals surface area contributed by atoms with Gasteiger partial charge in [0.05, 0.1) is 0 Å². The van der Waals surface area contributed by atoms with Crippen LogP contribution in [0.15, 0.2) is 42.5 Å². The van der Waals surface area contributed by atoms with E-state index >= 15 is 0 Å². The number of nitrogens with one attached hydrogen (secondary N) is 1. The lowest BCUT2D eigenvalue weighted by Gasteiger charge is -2.34. The molecule has 3 amide bonds. The smallest absolute Gasteiger partial charge is 0.255 e. The maximum Gasteiger partial charge on any atom is 0.255 e. The number of nitrogens with two attached hydrogens (primary N) is 1. The minimum atomic E-state index is -0.582. The first-order valence-corrected chi connectivity index (χ1v) is 10.4. The molecular formula is C23H24N4O3. The highest BCUT2D eigenvalue weighted by Gasteiger charge is 2.39. The summed E-state index contributed by atoms with van der Waals surface area (Å²) >= 11 is 0. The minimum absolute atomic E-state index is 0.0668. The van der Waals surface area contributed by atoms with Gasteiger partial charge >= 0.3 is 0 Å². The number of para-hydroxylation sites is 1. The van der Waals surface area contributed by atoms with Gasteiger partial charge in [-0.25, -0.2) is 0 Å². The summed E-state index contributed by atoms with van der Waals surface area (Å²) < 4.78 is 0. The Morgan fingerprint density at radius 1 is 1.07 bits per heavy atom. The van der Waals surface area contributed by atoms with Crippen LogP contribution in [0.1, 0.15) is 52.4 Å². The van der Waals surface area contributed by atoms with E-state index in [9.17, 15) is 14.4 Å². The molecule has 0 radical (unpaired) electrons. The van der Waals surface area contributed by atoms with Crippen LogP contribution in [0, 0.1) is 0 Å². The Balaban J connectivity index is 1.36. The van der Waals surface area contributed by atoms with E-state index in [4.69, 9.17) is 5.73 Å². The molecule has 7 nitrogen and oxygen atoms in total. The van der Waals surface area contributed by atoms with Crippen LogP contribution < -0.4 is 16.0 Å². The molecule has 7 heteroatoms. The number of hydrogen-bond donors (Lipinski definition) is 2. The maximum atomic E-state index is 12.9. The van der Waals surface area contributed by atoms with Crippen LogP contribution in [-0.2, 0) is 22.7 Å². The number of carbonyl (C=O) groups is 3. The molecule has 1 saturated heterocycles. The van der Waals surface area contributed by atoms with Gasteiger partial charge in [-0.05, 0) is 41.7 Å². The molecule has 2 aromatic carbocycles. The average Bonchev–Trinajstić information content (AvgIpc) is 3.06. The summed E-state index contributed by atoms with van der Waals surface area (Å²) in [6.07, 6.45) is 1.55. The monoisotopic (exact) mass is 404 g/mol. The predicted molar refractivity (Wildman–Crippen MR) is 112 cm³/mol. The molecule has 0 aromatic heterocycles. The molecule has 154 valence electrons. The van der Waals surface area contributed by atoms with E-state index in [1.807, 2.05) is 24.3 Å². The number of piperidine rings is 1. The fourth-order valence-corrected chi connectivity index (χ4v) is 4.77. The minimum Gasteiger partial charge on any atom is -0.367 e. The Kier molecular flexibility index (Phi) is 4.55. The molecule has 1 fully saturated rings. The van der Waals surface area contributed by atoms with E-state index < -0.39 is 6.04 Å². The first kappa shape index (κ1) is 18.8. The van der Waals surface area contributed by atoms with Gasteiger partial charge in [0, 0.05) is 43.3 Å². The summed E-state index contributed by atoms with van der Waals surface area (Å²) in [5, 5.41) is 2.34. The first-order valence-electron chi connectivity index (χ1n) is 10.4. The van der Waals surface area contributed by atoms with Gasteiger partial charge in [-0.15, -0.1) is 0 Å². The van der Waals surface area contributed by atoms with Crippen molar-refractivity contribution in [3.63, 3.8) is 0 Å². The van der Waals surface area contributed by atoms with Gasteiger partial charge in [-0.1, -0.05) is 30.3 Å². The molecule has 2 unspecified atom stereocenters. The van der Waals surface area contributed by atoms with Crippen LogP contribution in [-0.4, -0.2) is 35.2 Å². The summed E-state index contributed by atoms with van der Waals surface area (Å²) in [5.74, 6) is -0.793. The van der Waals surface area contributed by atoms with Crippen LogP contribution in [0.3, 0.4) is 0 Å². The second-order valence-electron chi connectivity index (χ2n) is 8.27. The maximum absolute atomic E-state index is 12.9. The predicted octanol–water partition coefficient (Wildman–Crippen LogP) is 1.86. The second kappa shape index (κ2) is 7.25. The van der Waals surface area contributed by atoms with E-state index in [1.54, 1.807) is 4.90 Å². The molecular weight excluding hydrogens is 380 g/mol. The third kappa shape index (κ3) is 3.15. The van der Waals surface area contributed by atoms with Crippen LogP contribution in [0.5, 0.6) is 0 Å². The summed E-state index contributed by atoms with van der Waals surface area (Å²) in [4.78, 5) is 40.4. The van der Waals surface area contributed by atoms with Gasteiger partial charge in [0.25, 0.3) is 5.91 Å². The lowest BCUT2D eigenvalue weighted by atomic mass is 9.96. The van der Waals surface area contributed by atoms with Gasteiger partial charge in [-0.3, -0.25) is 19.7 Å². The Morgan fingerprint density at radius 2 is 1.90 bits per heavy atom. The fourth-order valence-electron chi connectivity index (χ4n) is 4.77. The van der Waals surface area contributed by atoms with Gasteiger partial charge in [-0.2, -0.15) is 0 Å². The average molecular weight is 404 g/mol. The van der Waals surface area contributed by atoms with E-state index in [-0.39, 0.29) is 30.2 Å². The number of imide groups is 1. The van der Waals surface area contributed by atoms with Gasteiger partial charge < -0.3 is 15.5 Å². The Morgan fingerprint density at radius 3 is 2.73 bits per heavy atom. The quantitative estimate of drug-likeness (QED) is 0.762. The number of hydrogen-bond acceptors (Lipinski definition) is 5. The highest BCUT2D eigenvalue weighted by molar-refractivity contribution is 6.05. The number of rotatable bonds is 3. The van der Waals surface area contributed by atoms with Crippen molar-refractivity contribution in [2.45, 2.75) is 44.4 Å². The fraction of sp³-hybridized carbons (Fsp3) is 0.348. The highest BCUT2D eigenvalue weighted by atomic mass is 16.2. The van der Waals surface area contributed by atoms with Crippen LogP contribution in [0.25, 0.3) is 0 Å². The second-order valence-corrected chi connectivity index (χ2v) is 8.27. The Hall–Kier alpha value is -3.19. The van der Waals surface area contributed by atoms with Crippen LogP contribution in [0.4, 0.5) is 5.69 Å². The number of fused-ring (bicyclic) bond motifs is 2. The molecule has 3 aliphatic rings. The number of nitrogens with zero attached hydrogens (tertiary/aromatic N) is 2. The zero-order valence-corrected chi connectivity index (χ0v) is 16.6. The highest BCUT2D eigenvalue weighted by Crippen LogP contribution is 2.34. The van der Waals surface area contributed by atoms with E-state index in [1.165, 1.54) is 5.56 Å². The Bertz CT molecular complexity index is 1050. The van der Waals surface area contributed by atoms with Crippen molar-refractivity contribution >= 4 is 23.4 Å². The zero-order chi connectivity index (χ0) is 20.8. The first-order chi connectivity index (χ1) is 14.5. The van der Waals surface area contributed by atoms with Crippen molar-refractivity contribution < 1.29 is 14.4 Å². The van der Waals surface area contributed by atoms with E-state index in [2.05, 4.69) is 28.4 Å². The summed E-state index contributed by atoms with van der Waals surface area (Å²) in [6.45, 7) is 2.02. The largest absolute Gasteiger partial charge is 0.367 e. The normalized spacial score (nSPS) is 23.3. The van der Waals surface area contributed by atoms with Crippen molar-refractivity contribution in [1.29, 1.82) is 0 Å². The lowest BCUT2D eigenvalue weighted by Crippen LogP contribution is -2.52. The van der Waals surface area contributed by atoms with Gasteiger partial charge in [0.1, 0.15) is 6.04 Å². The lowest BCUT2D eigenvalue weighted by molar-refractivity contribution is -0.136.